The Morgan fingerprint density at radius 2 is 1.14 bits per heavy atom. The van der Waals surface area contributed by atoms with Crippen molar-refractivity contribution in [3.63, 3.8) is 0 Å². The van der Waals surface area contributed by atoms with Crippen LogP contribution in [0.15, 0.2) is 0 Å². The van der Waals surface area contributed by atoms with E-state index in [0.29, 0.717) is 0 Å². The summed E-state index contributed by atoms with van der Waals surface area (Å²) >= 11 is 0. The van der Waals surface area contributed by atoms with Crippen molar-refractivity contribution in [2.24, 2.45) is 0 Å². The Morgan fingerprint density at radius 1 is 0.659 bits per heavy atom. The second-order valence-corrected chi connectivity index (χ2v) is 11.6. The fraction of sp³-hybridized carbons (Fsp3) is 0.909. The molecule has 3 fully saturated rings. The minimum Gasteiger partial charge on any atom is -0.394 e. The molecular formula is C22H39N2O19P. The number of ether oxygens (including phenoxy) is 5. The lowest BCUT2D eigenvalue weighted by molar-refractivity contribution is -0.364. The summed E-state index contributed by atoms with van der Waals surface area (Å²) in [5.41, 5.74) is 0. The van der Waals surface area contributed by atoms with Crippen LogP contribution < -0.4 is 10.6 Å². The molecule has 22 heteroatoms. The predicted octanol–water partition coefficient (Wildman–Crippen LogP) is -7.17. The van der Waals surface area contributed by atoms with Crippen LogP contribution in [0.4, 0.5) is 0 Å². The molecule has 0 aliphatic carbocycles. The van der Waals surface area contributed by atoms with Crippen molar-refractivity contribution in [3.05, 3.63) is 0 Å². The van der Waals surface area contributed by atoms with Crippen molar-refractivity contribution in [1.29, 1.82) is 0 Å². The summed E-state index contributed by atoms with van der Waals surface area (Å²) in [5.74, 6) is -1.48. The van der Waals surface area contributed by atoms with Crippen molar-refractivity contribution in [1.82, 2.24) is 10.6 Å². The number of phosphoric acid groups is 1. The van der Waals surface area contributed by atoms with E-state index in [1.165, 1.54) is 0 Å². The van der Waals surface area contributed by atoms with E-state index in [0.717, 1.165) is 13.8 Å². The molecule has 0 radical (unpaired) electrons. The van der Waals surface area contributed by atoms with Gasteiger partial charge in [0.1, 0.15) is 73.1 Å². The van der Waals surface area contributed by atoms with Gasteiger partial charge in [0.05, 0.1) is 19.8 Å². The summed E-state index contributed by atoms with van der Waals surface area (Å²) in [5, 5.41) is 87.2. The Bertz CT molecular complexity index is 1020. The molecule has 0 aromatic heterocycles. The number of hydrogen-bond acceptors (Lipinski definition) is 17. The number of phosphoric ester groups is 1. The van der Waals surface area contributed by atoms with Gasteiger partial charge in [0.15, 0.2) is 18.9 Å². The molecule has 0 bridgehead atoms. The van der Waals surface area contributed by atoms with Gasteiger partial charge in [0, 0.05) is 13.8 Å². The van der Waals surface area contributed by atoms with Crippen molar-refractivity contribution in [3.8, 4) is 0 Å². The van der Waals surface area contributed by atoms with Gasteiger partial charge in [-0.15, -0.1) is 0 Å². The van der Waals surface area contributed by atoms with E-state index in [4.69, 9.17) is 23.7 Å². The second-order valence-electron chi connectivity index (χ2n) is 10.4. The molecule has 0 aromatic rings. The zero-order chi connectivity index (χ0) is 33.1. The molecular weight excluding hydrogens is 627 g/mol. The Hall–Kier alpha value is -1.47. The number of nitrogens with one attached hydrogen (secondary N) is 2. The average Bonchev–Trinajstić information content (AvgIpc) is 2.93. The first-order chi connectivity index (χ1) is 20.5. The molecule has 3 aliphatic heterocycles. The molecule has 0 saturated carbocycles. The monoisotopic (exact) mass is 666 g/mol. The summed E-state index contributed by atoms with van der Waals surface area (Å²) < 4.78 is 43.7. The average molecular weight is 667 g/mol. The highest BCUT2D eigenvalue weighted by Crippen LogP contribution is 2.42. The Labute approximate surface area is 249 Å². The van der Waals surface area contributed by atoms with Crippen LogP contribution in [0, 0.1) is 0 Å². The van der Waals surface area contributed by atoms with Gasteiger partial charge in [0.25, 0.3) is 0 Å². The van der Waals surface area contributed by atoms with Crippen LogP contribution in [-0.2, 0) is 42.4 Å². The minimum atomic E-state index is -5.32. The van der Waals surface area contributed by atoms with Gasteiger partial charge in [-0.2, -0.15) is 0 Å². The van der Waals surface area contributed by atoms with Crippen molar-refractivity contribution < 1.29 is 93.0 Å². The zero-order valence-corrected chi connectivity index (χ0v) is 24.3. The minimum absolute atomic E-state index is 0.679. The highest BCUT2D eigenvalue weighted by Gasteiger charge is 2.55. The summed E-state index contributed by atoms with van der Waals surface area (Å²) in [6.45, 7) is -0.555. The molecule has 2 amide bonds. The smallest absolute Gasteiger partial charge is 0.394 e. The maximum absolute atomic E-state index is 11.9. The standard InChI is InChI=1S/C22H39N2O19P/c1-6(28)23-11-18(13(30)8(3-25)38-20(11)34)42-22-16(33)15(32)17(10(5-27)40-22)41-21-12(24-7(2)29)19(43-44(35,36)37)14(31)9(4-26)39-21/h8-22,25-27,30-34H,3-5H2,1-2H3,(H,23,28)(H,24,29)(H2,35,36,37)/t8-,9-,10-,11-,12-,13+,14+,15-,16-,17-,18-,19-,20?,21+,22+/m1/s1. The molecule has 3 saturated heterocycles. The molecule has 3 aliphatic rings. The van der Waals surface area contributed by atoms with Crippen LogP contribution in [0.25, 0.3) is 0 Å². The maximum Gasteiger partial charge on any atom is 0.470 e. The number of aliphatic hydroxyl groups excluding tert-OH is 8. The first-order valence-electron chi connectivity index (χ1n) is 13.3. The number of aliphatic hydroxyl groups is 8. The van der Waals surface area contributed by atoms with Crippen LogP contribution in [0.1, 0.15) is 13.8 Å². The number of carbonyl (C=O) groups excluding carboxylic acids is 2. The molecule has 21 nitrogen and oxygen atoms in total. The third kappa shape index (κ3) is 8.66. The number of rotatable bonds is 11. The summed E-state index contributed by atoms with van der Waals surface area (Å²) in [6, 6.07) is -3.15. The van der Waals surface area contributed by atoms with Gasteiger partial charge in [-0.1, -0.05) is 0 Å². The largest absolute Gasteiger partial charge is 0.470 e. The lowest BCUT2D eigenvalue weighted by atomic mass is 9.94. The van der Waals surface area contributed by atoms with Crippen molar-refractivity contribution in [2.45, 2.75) is 106 Å². The summed E-state index contributed by atoms with van der Waals surface area (Å²) in [6.07, 6.45) is -23.1. The maximum atomic E-state index is 11.9. The van der Waals surface area contributed by atoms with Gasteiger partial charge in [0.2, 0.25) is 11.8 Å². The fourth-order valence-electron chi connectivity index (χ4n) is 5.13. The predicted molar refractivity (Wildman–Crippen MR) is 135 cm³/mol. The van der Waals surface area contributed by atoms with E-state index < -0.39 is 131 Å². The molecule has 3 heterocycles. The van der Waals surface area contributed by atoms with Gasteiger partial charge in [-0.05, 0) is 0 Å². The Kier molecular flexibility index (Phi) is 13.0. The zero-order valence-electron chi connectivity index (χ0n) is 23.4. The van der Waals surface area contributed by atoms with Crippen LogP contribution in [0.2, 0.25) is 0 Å². The summed E-state index contributed by atoms with van der Waals surface area (Å²) in [7, 11) is -5.32. The second kappa shape index (κ2) is 15.4. The molecule has 0 aromatic carbocycles. The van der Waals surface area contributed by atoms with E-state index in [2.05, 4.69) is 15.2 Å². The SMILES string of the molecule is CC(=O)N[C@H]1[C@H](O[C@H]2[C@H](O)[C@@H](O)[C@H](O[C@H]3[C@@H](O)[C@@H](CO)OC(O)[C@@H]3NC(C)=O)O[C@@H]2CO)O[C@H](CO)[C@H](O)[C@@H]1OP(=O)(O)O. The van der Waals surface area contributed by atoms with Crippen LogP contribution in [0.5, 0.6) is 0 Å². The van der Waals surface area contributed by atoms with E-state index >= 15 is 0 Å². The third-order valence-corrected chi connectivity index (χ3v) is 7.65. The van der Waals surface area contributed by atoms with Gasteiger partial charge < -0.3 is 85.0 Å². The topological polar surface area (TPSA) is 333 Å². The quantitative estimate of drug-likeness (QED) is 0.0911. The molecule has 1 unspecified atom stereocenters. The van der Waals surface area contributed by atoms with E-state index in [-0.39, 0.29) is 0 Å². The van der Waals surface area contributed by atoms with E-state index in [9.17, 15) is 64.8 Å². The van der Waals surface area contributed by atoms with Crippen molar-refractivity contribution in [2.75, 3.05) is 19.8 Å². The van der Waals surface area contributed by atoms with Crippen molar-refractivity contribution >= 4 is 19.6 Å². The molecule has 44 heavy (non-hydrogen) atoms. The van der Waals surface area contributed by atoms with Crippen LogP contribution >= 0.6 is 7.82 Å². The Morgan fingerprint density at radius 3 is 1.66 bits per heavy atom. The first-order valence-corrected chi connectivity index (χ1v) is 14.8. The molecule has 12 N–H and O–H groups in total. The van der Waals surface area contributed by atoms with Gasteiger partial charge in [-0.3, -0.25) is 14.1 Å². The third-order valence-electron chi connectivity index (χ3n) is 7.13. The molecule has 0 spiro atoms. The highest BCUT2D eigenvalue weighted by atomic mass is 31.2. The van der Waals surface area contributed by atoms with E-state index in [1.54, 1.807) is 0 Å². The summed E-state index contributed by atoms with van der Waals surface area (Å²) in [4.78, 5) is 42.3. The molecule has 256 valence electrons. The fourth-order valence-corrected chi connectivity index (χ4v) is 5.71. The molecule has 15 atom stereocenters. The lowest BCUT2D eigenvalue weighted by Crippen LogP contribution is -2.69. The highest BCUT2D eigenvalue weighted by molar-refractivity contribution is 7.46. The number of carbonyl (C=O) groups is 2. The van der Waals surface area contributed by atoms with E-state index in [1.807, 2.05) is 0 Å². The molecule has 3 rings (SSSR count). The van der Waals surface area contributed by atoms with Gasteiger partial charge in [-0.25, -0.2) is 4.57 Å². The van der Waals surface area contributed by atoms with Crippen LogP contribution in [-0.4, -0.2) is 174 Å². The lowest BCUT2D eigenvalue weighted by Gasteiger charge is -2.49. The Balaban J connectivity index is 1.86. The number of amides is 2. The first kappa shape index (κ1) is 37.0. The van der Waals surface area contributed by atoms with Gasteiger partial charge >= 0.3 is 7.82 Å². The van der Waals surface area contributed by atoms with Crippen LogP contribution in [0.3, 0.4) is 0 Å². The number of hydrogen-bond donors (Lipinski definition) is 12. The normalized spacial score (nSPS) is 43.3.